The fraction of sp³-hybridized carbons (Fsp3) is 0. The molecular formula is C6H3BrNO. The van der Waals surface area contributed by atoms with Gasteiger partial charge in [-0.25, -0.2) is 0 Å². The van der Waals surface area contributed by atoms with Crippen LogP contribution in [0.3, 0.4) is 0 Å². The van der Waals surface area contributed by atoms with E-state index in [1.165, 1.54) is 0 Å². The van der Waals surface area contributed by atoms with Gasteiger partial charge in [-0.1, -0.05) is 0 Å². The highest BCUT2D eigenvalue weighted by Gasteiger charge is 1.89. The highest BCUT2D eigenvalue weighted by Crippen LogP contribution is 2.05. The van der Waals surface area contributed by atoms with Crippen LogP contribution in [0, 0.1) is 0 Å². The Morgan fingerprint density at radius 3 is 2.78 bits per heavy atom. The normalized spacial score (nSPS) is 9.00. The molecule has 3 heteroatoms. The van der Waals surface area contributed by atoms with E-state index in [-0.39, 0.29) is 0 Å². The smallest absolute Gasteiger partial charge is 0.253 e. The van der Waals surface area contributed by atoms with Gasteiger partial charge in [-0.15, -0.1) is 0 Å². The first-order chi connectivity index (χ1) is 4.33. The lowest BCUT2D eigenvalue weighted by Gasteiger charge is -1.86. The van der Waals surface area contributed by atoms with Gasteiger partial charge in [0.2, 0.25) is 0 Å². The molecule has 0 saturated carbocycles. The summed E-state index contributed by atoms with van der Waals surface area (Å²) in [5.74, 6) is 0. The zero-order valence-electron chi connectivity index (χ0n) is 4.47. The fourth-order valence-electron chi connectivity index (χ4n) is 0.436. The van der Waals surface area contributed by atoms with Gasteiger partial charge in [0.15, 0.2) is 0 Å². The number of hydrogen-bond acceptors (Lipinski definition) is 2. The Labute approximate surface area is 61.0 Å². The Morgan fingerprint density at radius 1 is 1.56 bits per heavy atom. The minimum atomic E-state index is 0.332. The number of rotatable bonds is 1. The van der Waals surface area contributed by atoms with E-state index in [1.807, 2.05) is 0 Å². The van der Waals surface area contributed by atoms with Gasteiger partial charge in [-0.2, -0.15) is 0 Å². The second-order valence-electron chi connectivity index (χ2n) is 1.46. The van der Waals surface area contributed by atoms with Crippen molar-refractivity contribution in [2.75, 3.05) is 0 Å². The van der Waals surface area contributed by atoms with Crippen molar-refractivity contribution in [3.05, 3.63) is 28.5 Å². The Hall–Kier alpha value is -0.700. The van der Waals surface area contributed by atoms with Crippen LogP contribution >= 0.6 is 15.9 Å². The fourth-order valence-corrected chi connectivity index (χ4v) is 0.671. The second-order valence-corrected chi connectivity index (χ2v) is 2.38. The van der Waals surface area contributed by atoms with Gasteiger partial charge in [-0.3, -0.25) is 9.78 Å². The van der Waals surface area contributed by atoms with Crippen LogP contribution in [0.4, 0.5) is 0 Å². The van der Waals surface area contributed by atoms with Crippen molar-refractivity contribution >= 4 is 22.2 Å². The maximum Gasteiger partial charge on any atom is 0.253 e. The van der Waals surface area contributed by atoms with Gasteiger partial charge in [0.1, 0.15) is 5.69 Å². The maximum atomic E-state index is 9.91. The van der Waals surface area contributed by atoms with Crippen LogP contribution in [0.15, 0.2) is 22.8 Å². The van der Waals surface area contributed by atoms with E-state index >= 15 is 0 Å². The zero-order chi connectivity index (χ0) is 6.69. The third-order valence-corrected chi connectivity index (χ3v) is 1.30. The third kappa shape index (κ3) is 1.61. The Morgan fingerprint density at radius 2 is 2.33 bits per heavy atom. The first kappa shape index (κ1) is 6.42. The van der Waals surface area contributed by atoms with Crippen LogP contribution in [0.5, 0.6) is 0 Å². The molecular weight excluding hydrogens is 182 g/mol. The lowest BCUT2D eigenvalue weighted by atomic mass is 10.4. The average Bonchev–Trinajstić information content (AvgIpc) is 1.90. The molecule has 0 aliphatic carbocycles. The van der Waals surface area contributed by atoms with Crippen molar-refractivity contribution in [3.63, 3.8) is 0 Å². The second kappa shape index (κ2) is 2.73. The number of nitrogens with zero attached hydrogens (tertiary/aromatic N) is 1. The molecule has 0 N–H and O–H groups in total. The first-order valence-electron chi connectivity index (χ1n) is 2.32. The predicted molar refractivity (Wildman–Crippen MR) is 36.7 cm³/mol. The third-order valence-electron chi connectivity index (χ3n) is 0.832. The molecule has 0 bridgehead atoms. The summed E-state index contributed by atoms with van der Waals surface area (Å²) in [6.45, 7) is 0. The van der Waals surface area contributed by atoms with E-state index < -0.39 is 0 Å². The molecule has 0 aliphatic rings. The van der Waals surface area contributed by atoms with Gasteiger partial charge in [-0.05, 0) is 28.1 Å². The molecule has 1 rings (SSSR count). The molecule has 2 nitrogen and oxygen atoms in total. The number of carbonyl (C=O) groups excluding carboxylic acids is 1. The molecule has 0 amide bonds. The van der Waals surface area contributed by atoms with Crippen molar-refractivity contribution < 1.29 is 4.79 Å². The molecule has 0 aromatic carbocycles. The molecule has 0 atom stereocenters. The average molecular weight is 185 g/mol. The Balaban J connectivity index is 3.01. The Kier molecular flexibility index (Phi) is 1.95. The highest BCUT2D eigenvalue weighted by atomic mass is 79.9. The predicted octanol–water partition coefficient (Wildman–Crippen LogP) is 1.30. The number of halogens is 1. The molecule has 0 unspecified atom stereocenters. The van der Waals surface area contributed by atoms with E-state index in [0.717, 1.165) is 4.47 Å². The minimum Gasteiger partial charge on any atom is -0.283 e. The van der Waals surface area contributed by atoms with Crippen molar-refractivity contribution in [1.29, 1.82) is 0 Å². The summed E-state index contributed by atoms with van der Waals surface area (Å²) in [5, 5.41) is 0. The van der Waals surface area contributed by atoms with Crippen LogP contribution in [0.25, 0.3) is 0 Å². The largest absolute Gasteiger partial charge is 0.283 e. The van der Waals surface area contributed by atoms with Gasteiger partial charge in [0.05, 0.1) is 0 Å². The molecule has 0 spiro atoms. The number of pyridine rings is 1. The molecule has 1 heterocycles. The lowest BCUT2D eigenvalue weighted by Crippen LogP contribution is -1.83. The minimum absolute atomic E-state index is 0.332. The van der Waals surface area contributed by atoms with Crippen LogP contribution in [0.1, 0.15) is 5.69 Å². The van der Waals surface area contributed by atoms with Crippen molar-refractivity contribution in [2.24, 2.45) is 0 Å². The molecule has 0 saturated heterocycles. The summed E-state index contributed by atoms with van der Waals surface area (Å²) in [6.07, 6.45) is 3.23. The molecule has 0 aliphatic heterocycles. The van der Waals surface area contributed by atoms with Crippen LogP contribution in [0.2, 0.25) is 0 Å². The lowest BCUT2D eigenvalue weighted by molar-refractivity contribution is 0.561. The molecule has 9 heavy (non-hydrogen) atoms. The molecule has 0 fully saturated rings. The highest BCUT2D eigenvalue weighted by molar-refractivity contribution is 9.10. The summed E-state index contributed by atoms with van der Waals surface area (Å²) in [4.78, 5) is 13.6. The summed E-state index contributed by atoms with van der Waals surface area (Å²) < 4.78 is 0.863. The van der Waals surface area contributed by atoms with E-state index in [4.69, 9.17) is 0 Å². The maximum absolute atomic E-state index is 9.91. The monoisotopic (exact) mass is 184 g/mol. The summed E-state index contributed by atoms with van der Waals surface area (Å²) in [7, 11) is 0. The molecule has 1 aromatic heterocycles. The molecule has 45 valence electrons. The van der Waals surface area contributed by atoms with Crippen LogP contribution < -0.4 is 0 Å². The standard InChI is InChI=1S/C6H3BrNO/c7-5-1-2-6(4-9)8-3-5/h1-3H. The topological polar surface area (TPSA) is 30.0 Å². The van der Waals surface area contributed by atoms with Gasteiger partial charge >= 0.3 is 0 Å². The van der Waals surface area contributed by atoms with Crippen LogP contribution in [-0.2, 0) is 4.79 Å². The zero-order valence-corrected chi connectivity index (χ0v) is 6.05. The van der Waals surface area contributed by atoms with Crippen molar-refractivity contribution in [2.45, 2.75) is 0 Å². The summed E-state index contributed by atoms with van der Waals surface area (Å²) in [6, 6.07) is 3.34. The summed E-state index contributed by atoms with van der Waals surface area (Å²) >= 11 is 3.18. The number of hydrogen-bond donors (Lipinski definition) is 0. The van der Waals surface area contributed by atoms with Crippen molar-refractivity contribution in [3.8, 4) is 0 Å². The van der Waals surface area contributed by atoms with E-state index in [9.17, 15) is 4.79 Å². The Bertz CT molecular complexity index is 207. The quantitative estimate of drug-likeness (QED) is 0.659. The van der Waals surface area contributed by atoms with Gasteiger partial charge < -0.3 is 0 Å². The van der Waals surface area contributed by atoms with E-state index in [0.29, 0.717) is 5.69 Å². The first-order valence-corrected chi connectivity index (χ1v) is 3.12. The number of aromatic nitrogens is 1. The molecule has 1 aromatic rings. The summed E-state index contributed by atoms with van der Waals surface area (Å²) in [5.41, 5.74) is 0.332. The van der Waals surface area contributed by atoms with Crippen LogP contribution in [-0.4, -0.2) is 11.3 Å². The van der Waals surface area contributed by atoms with Crippen molar-refractivity contribution in [1.82, 2.24) is 4.98 Å². The van der Waals surface area contributed by atoms with E-state index in [1.54, 1.807) is 24.6 Å². The van der Waals surface area contributed by atoms with Gasteiger partial charge in [0.25, 0.3) is 6.29 Å². The van der Waals surface area contributed by atoms with Gasteiger partial charge in [0, 0.05) is 10.7 Å². The molecule has 1 radical (unpaired) electrons. The van der Waals surface area contributed by atoms with E-state index in [2.05, 4.69) is 20.9 Å². The SMILES string of the molecule is O=[C]c1ccc(Br)cn1.